The average Bonchev–Trinajstić information content (AvgIpc) is 2.75. The van der Waals surface area contributed by atoms with Crippen LogP contribution in [0.25, 0.3) is 0 Å². The Balaban J connectivity index is 2.61. The van der Waals surface area contributed by atoms with Crippen molar-refractivity contribution in [2.75, 3.05) is 13.0 Å². The Morgan fingerprint density at radius 3 is 2.55 bits per heavy atom. The Bertz CT molecular complexity index is 349. The fourth-order valence-corrected chi connectivity index (χ4v) is 5.11. The number of rotatable bonds is 8. The molecule has 0 saturated carbocycles. The van der Waals surface area contributed by atoms with Gasteiger partial charge in [0, 0.05) is 24.9 Å². The van der Waals surface area contributed by atoms with Crippen LogP contribution in [0.4, 0.5) is 0 Å². The molecule has 0 aliphatic carbocycles. The molecule has 5 atom stereocenters. The normalized spacial score (nSPS) is 31.5. The third-order valence-electron chi connectivity index (χ3n) is 2.79. The quantitative estimate of drug-likeness (QED) is 0.211. The fourth-order valence-electron chi connectivity index (χ4n) is 1.88. The van der Waals surface area contributed by atoms with Crippen molar-refractivity contribution in [2.24, 2.45) is 0 Å². The Morgan fingerprint density at radius 2 is 2.05 bits per heavy atom. The molecule has 0 amide bonds. The van der Waals surface area contributed by atoms with Crippen LogP contribution in [0, 0.1) is 0 Å². The Morgan fingerprint density at radius 1 is 1.36 bits per heavy atom. The first-order valence-corrected chi connectivity index (χ1v) is 10.9. The lowest BCUT2D eigenvalue weighted by molar-refractivity contribution is 0.0121. The summed E-state index contributed by atoms with van der Waals surface area (Å²) >= 11 is 0. The fraction of sp³-hybridized carbons (Fsp3) is 1.00. The van der Waals surface area contributed by atoms with Crippen molar-refractivity contribution in [3.63, 3.8) is 0 Å². The molecule has 4 nitrogen and oxygen atoms in total. The SMILES string of the molecule is [2H]C[C@H]1O[C@@H]([B])[C@@H](OCSSC(C)(C)C)C1OP(OC)C(C)C. The molecule has 0 aromatic heterocycles. The van der Waals surface area contributed by atoms with Gasteiger partial charge in [0.1, 0.15) is 26.0 Å². The molecule has 1 aliphatic rings. The number of hydrogen-bond donors (Lipinski definition) is 0. The molecule has 128 valence electrons. The molecule has 0 aromatic carbocycles. The van der Waals surface area contributed by atoms with Crippen LogP contribution in [0.1, 0.15) is 42.9 Å². The van der Waals surface area contributed by atoms with Gasteiger partial charge in [0.2, 0.25) is 0 Å². The zero-order valence-corrected chi connectivity index (χ0v) is 16.8. The van der Waals surface area contributed by atoms with Crippen molar-refractivity contribution in [3.8, 4) is 0 Å². The summed E-state index contributed by atoms with van der Waals surface area (Å²) < 4.78 is 30.9. The van der Waals surface area contributed by atoms with Gasteiger partial charge < -0.3 is 18.5 Å². The summed E-state index contributed by atoms with van der Waals surface area (Å²) in [5, 5.41) is 0. The van der Waals surface area contributed by atoms with E-state index in [9.17, 15) is 0 Å². The molecule has 22 heavy (non-hydrogen) atoms. The Hall–Kier alpha value is 1.03. The molecule has 1 fully saturated rings. The first-order chi connectivity index (χ1) is 10.7. The molecule has 1 rings (SSSR count). The summed E-state index contributed by atoms with van der Waals surface area (Å²) in [6, 6.07) is -0.573. The lowest BCUT2D eigenvalue weighted by Crippen LogP contribution is -2.36. The van der Waals surface area contributed by atoms with Gasteiger partial charge >= 0.3 is 0 Å². The third kappa shape index (κ3) is 6.88. The molecule has 0 bridgehead atoms. The maximum absolute atomic E-state index is 7.66. The first kappa shape index (κ1) is 19.4. The molecule has 1 heterocycles. The van der Waals surface area contributed by atoms with Crippen LogP contribution in [-0.4, -0.2) is 55.6 Å². The average molecular weight is 367 g/mol. The zero-order chi connectivity index (χ0) is 17.6. The highest BCUT2D eigenvalue weighted by Gasteiger charge is 2.43. The van der Waals surface area contributed by atoms with Gasteiger partial charge in [-0.2, -0.15) is 0 Å². The van der Waals surface area contributed by atoms with Crippen LogP contribution < -0.4 is 0 Å². The molecule has 0 aromatic rings. The van der Waals surface area contributed by atoms with E-state index in [1.54, 1.807) is 28.7 Å². The monoisotopic (exact) mass is 367 g/mol. The van der Waals surface area contributed by atoms with Crippen molar-refractivity contribution >= 4 is 37.8 Å². The second kappa shape index (κ2) is 9.50. The van der Waals surface area contributed by atoms with Crippen LogP contribution >= 0.6 is 30.0 Å². The second-order valence-electron chi connectivity index (χ2n) is 6.33. The van der Waals surface area contributed by atoms with Crippen molar-refractivity contribution in [1.29, 1.82) is 0 Å². The van der Waals surface area contributed by atoms with Gasteiger partial charge in [-0.15, -0.1) is 0 Å². The van der Waals surface area contributed by atoms with Gasteiger partial charge in [-0.3, -0.25) is 0 Å². The van der Waals surface area contributed by atoms with Crippen LogP contribution in [0.5, 0.6) is 0 Å². The summed E-state index contributed by atoms with van der Waals surface area (Å²) in [6.45, 7) is 10.7. The number of ether oxygens (including phenoxy) is 2. The van der Waals surface area contributed by atoms with Gasteiger partial charge in [0.15, 0.2) is 8.38 Å². The largest absolute Gasteiger partial charge is 0.379 e. The minimum atomic E-state index is -1.05. The molecule has 2 unspecified atom stereocenters. The van der Waals surface area contributed by atoms with Gasteiger partial charge in [0.05, 0.1) is 6.10 Å². The number of hydrogen-bond acceptors (Lipinski definition) is 6. The maximum atomic E-state index is 7.66. The summed E-state index contributed by atoms with van der Waals surface area (Å²) in [5.74, 6) is 0.501. The van der Waals surface area contributed by atoms with Crippen molar-refractivity contribution in [3.05, 3.63) is 0 Å². The Labute approximate surface area is 147 Å². The third-order valence-corrected chi connectivity index (χ3v) is 7.44. The van der Waals surface area contributed by atoms with E-state index in [1.807, 2.05) is 13.8 Å². The van der Waals surface area contributed by atoms with Crippen molar-refractivity contribution in [1.82, 2.24) is 0 Å². The van der Waals surface area contributed by atoms with Crippen LogP contribution in [-0.2, 0) is 18.5 Å². The summed E-state index contributed by atoms with van der Waals surface area (Å²) in [5.41, 5.74) is 0.254. The second-order valence-corrected chi connectivity index (χ2v) is 11.6. The van der Waals surface area contributed by atoms with Crippen LogP contribution in [0.3, 0.4) is 0 Å². The summed E-state index contributed by atoms with van der Waals surface area (Å²) in [6.07, 6.45) is -1.12. The molecular formula is C14H28BO4PS2. The minimum absolute atomic E-state index is 0.0904. The minimum Gasteiger partial charge on any atom is -0.379 e. The van der Waals surface area contributed by atoms with Gasteiger partial charge in [-0.1, -0.05) is 56.2 Å². The van der Waals surface area contributed by atoms with Crippen molar-refractivity contribution in [2.45, 2.75) is 76.2 Å². The van der Waals surface area contributed by atoms with Gasteiger partial charge in [-0.05, 0) is 6.90 Å². The standard InChI is InChI=1S/C14H28BO4PS2/c1-9(2)20(16-7)19-11-10(3)18-13(15)12(11)17-8-21-22-14(4,5)6/h9-13H,8H2,1-7H3/t10-,11?,12+,13-,20?/m1/s1/i3D. The van der Waals surface area contributed by atoms with E-state index in [0.29, 0.717) is 5.94 Å². The zero-order valence-electron chi connectivity index (χ0n) is 15.3. The van der Waals surface area contributed by atoms with E-state index >= 15 is 0 Å². The van der Waals surface area contributed by atoms with Crippen LogP contribution in [0.2, 0.25) is 0 Å². The van der Waals surface area contributed by atoms with E-state index < -0.39 is 14.4 Å². The molecule has 8 heteroatoms. The topological polar surface area (TPSA) is 36.9 Å². The van der Waals surface area contributed by atoms with Crippen LogP contribution in [0.15, 0.2) is 0 Å². The smallest absolute Gasteiger partial charge is 0.173 e. The van der Waals surface area contributed by atoms with E-state index in [4.69, 9.17) is 27.7 Å². The molecule has 2 radical (unpaired) electrons. The van der Waals surface area contributed by atoms with E-state index in [1.165, 1.54) is 0 Å². The highest BCUT2D eigenvalue weighted by Crippen LogP contribution is 2.46. The predicted octanol–water partition coefficient (Wildman–Crippen LogP) is 4.17. The van der Waals surface area contributed by atoms with E-state index in [2.05, 4.69) is 20.8 Å². The molecular weight excluding hydrogens is 338 g/mol. The molecule has 0 N–H and O–H groups in total. The van der Waals surface area contributed by atoms with Crippen molar-refractivity contribution < 1.29 is 19.9 Å². The molecule has 1 aliphatic heterocycles. The molecule has 1 saturated heterocycles. The van der Waals surface area contributed by atoms with E-state index in [-0.39, 0.29) is 35.6 Å². The highest BCUT2D eigenvalue weighted by molar-refractivity contribution is 8.77. The predicted molar refractivity (Wildman–Crippen MR) is 98.7 cm³/mol. The Kier molecular flexibility index (Phi) is 8.36. The van der Waals surface area contributed by atoms with Gasteiger partial charge in [-0.25, -0.2) is 0 Å². The summed E-state index contributed by atoms with van der Waals surface area (Å²) in [7, 11) is 10.0. The first-order valence-electron chi connectivity index (χ1n) is 8.03. The lowest BCUT2D eigenvalue weighted by Gasteiger charge is -2.28. The lowest BCUT2D eigenvalue weighted by atomic mass is 9.93. The summed E-state index contributed by atoms with van der Waals surface area (Å²) in [4.78, 5) is 0. The highest BCUT2D eigenvalue weighted by atomic mass is 33.1. The maximum Gasteiger partial charge on any atom is 0.173 e. The molecule has 0 spiro atoms. The van der Waals surface area contributed by atoms with E-state index in [0.717, 1.165) is 0 Å². The van der Waals surface area contributed by atoms with Gasteiger partial charge in [0.25, 0.3) is 0 Å².